The Balaban J connectivity index is 4.18. The third-order valence-electron chi connectivity index (χ3n) is 1.46. The molecule has 86 valence electrons. The Bertz CT molecular complexity index is 250. The van der Waals surface area contributed by atoms with Gasteiger partial charge >= 0.3 is 12.1 Å². The zero-order valence-corrected chi connectivity index (χ0v) is 9.41. The highest BCUT2D eigenvalue weighted by molar-refractivity contribution is 5.87. The molecule has 0 aliphatic carbocycles. The Morgan fingerprint density at radius 3 is 2.33 bits per heavy atom. The summed E-state index contributed by atoms with van der Waals surface area (Å²) in [4.78, 5) is 27.1. The minimum absolute atomic E-state index is 0.233. The monoisotopic (exact) mass is 215 g/mol. The lowest BCUT2D eigenvalue weighted by Crippen LogP contribution is -2.34. The van der Waals surface area contributed by atoms with Gasteiger partial charge in [0.1, 0.15) is 0 Å². The van der Waals surface area contributed by atoms with Gasteiger partial charge < -0.3 is 9.57 Å². The van der Waals surface area contributed by atoms with E-state index in [1.165, 1.54) is 6.92 Å². The first-order valence-corrected chi connectivity index (χ1v) is 4.85. The lowest BCUT2D eigenvalue weighted by Gasteiger charge is -2.18. The van der Waals surface area contributed by atoms with Gasteiger partial charge in [0.15, 0.2) is 0 Å². The first kappa shape index (κ1) is 13.5. The third-order valence-corrected chi connectivity index (χ3v) is 1.46. The fraction of sp³-hybridized carbons (Fsp3) is 0.600. The van der Waals surface area contributed by atoms with Crippen molar-refractivity contribution in [3.63, 3.8) is 0 Å². The normalized spacial score (nSPS) is 9.27. The number of rotatable bonds is 4. The molecule has 0 atom stereocenters. The lowest BCUT2D eigenvalue weighted by molar-refractivity contribution is -0.175. The van der Waals surface area contributed by atoms with Crippen LogP contribution in [-0.2, 0) is 14.4 Å². The molecule has 0 heterocycles. The number of hydroxylamine groups is 2. The molecule has 0 aliphatic rings. The summed E-state index contributed by atoms with van der Waals surface area (Å²) in [6.07, 6.45) is 0.0616. The number of ether oxygens (including phenoxy) is 1. The van der Waals surface area contributed by atoms with E-state index in [1.807, 2.05) is 6.92 Å². The molecule has 1 amide bonds. The maximum Gasteiger partial charge on any atom is 0.443 e. The molecule has 0 saturated carbocycles. The molecular weight excluding hydrogens is 198 g/mol. The Hall–Kier alpha value is -1.52. The Morgan fingerprint density at radius 2 is 1.93 bits per heavy atom. The van der Waals surface area contributed by atoms with Gasteiger partial charge in [-0.2, -0.15) is 0 Å². The van der Waals surface area contributed by atoms with Crippen LogP contribution in [0.2, 0.25) is 0 Å². The molecule has 0 aromatic carbocycles. The molecule has 0 fully saturated rings. The first-order valence-electron chi connectivity index (χ1n) is 4.85. The van der Waals surface area contributed by atoms with Crippen molar-refractivity contribution in [2.45, 2.75) is 27.2 Å². The minimum atomic E-state index is -0.658. The SMILES string of the molecule is C=C(C)C(=O)ON(CC)C(=O)OCCC. The average Bonchev–Trinajstić information content (AvgIpc) is 2.21. The second kappa shape index (κ2) is 6.86. The maximum atomic E-state index is 11.3. The summed E-state index contributed by atoms with van der Waals surface area (Å²) in [5, 5.41) is 0.868. The Labute approximate surface area is 89.6 Å². The van der Waals surface area contributed by atoms with E-state index in [-0.39, 0.29) is 12.1 Å². The van der Waals surface area contributed by atoms with Crippen LogP contribution < -0.4 is 0 Å². The molecule has 0 aromatic rings. The van der Waals surface area contributed by atoms with E-state index in [0.29, 0.717) is 6.61 Å². The summed E-state index contributed by atoms with van der Waals surface area (Å²) in [6, 6.07) is 0. The van der Waals surface area contributed by atoms with E-state index in [1.54, 1.807) is 6.92 Å². The molecule has 0 rings (SSSR count). The van der Waals surface area contributed by atoms with Crippen molar-refractivity contribution in [1.82, 2.24) is 5.06 Å². The highest BCUT2D eigenvalue weighted by Gasteiger charge is 2.18. The van der Waals surface area contributed by atoms with Gasteiger partial charge in [-0.05, 0) is 20.3 Å². The van der Waals surface area contributed by atoms with Crippen molar-refractivity contribution >= 4 is 12.1 Å². The van der Waals surface area contributed by atoms with E-state index in [4.69, 9.17) is 9.57 Å². The fourth-order valence-corrected chi connectivity index (χ4v) is 0.670. The van der Waals surface area contributed by atoms with Crippen molar-refractivity contribution < 1.29 is 19.2 Å². The van der Waals surface area contributed by atoms with E-state index in [0.717, 1.165) is 11.5 Å². The highest BCUT2D eigenvalue weighted by Crippen LogP contribution is 2.00. The number of nitrogens with zero attached hydrogens (tertiary/aromatic N) is 1. The lowest BCUT2D eigenvalue weighted by atomic mass is 10.4. The molecule has 0 unspecified atom stereocenters. The van der Waals surface area contributed by atoms with Crippen LogP contribution in [-0.4, -0.2) is 30.3 Å². The van der Waals surface area contributed by atoms with E-state index in [9.17, 15) is 9.59 Å². The van der Waals surface area contributed by atoms with Crippen molar-refractivity contribution in [1.29, 1.82) is 0 Å². The number of carbonyl (C=O) groups is 2. The molecule has 0 spiro atoms. The van der Waals surface area contributed by atoms with Gasteiger partial charge in [-0.15, -0.1) is 5.06 Å². The first-order chi connectivity index (χ1) is 7.02. The van der Waals surface area contributed by atoms with Crippen LogP contribution >= 0.6 is 0 Å². The van der Waals surface area contributed by atoms with E-state index in [2.05, 4.69) is 6.58 Å². The van der Waals surface area contributed by atoms with Crippen molar-refractivity contribution in [2.24, 2.45) is 0 Å². The molecule has 0 radical (unpaired) electrons. The standard InChI is InChI=1S/C10H17NO4/c1-5-7-14-10(13)11(6-2)15-9(12)8(3)4/h3,5-7H2,1-2,4H3. The van der Waals surface area contributed by atoms with Crippen LogP contribution in [0, 0.1) is 0 Å². The Kier molecular flexibility index (Phi) is 6.17. The molecule has 0 aliphatic heterocycles. The quantitative estimate of drug-likeness (QED) is 0.530. The summed E-state index contributed by atoms with van der Waals surface area (Å²) in [5.41, 5.74) is 0.233. The second-order valence-electron chi connectivity index (χ2n) is 2.97. The number of hydrogen-bond acceptors (Lipinski definition) is 4. The molecule has 0 aromatic heterocycles. The average molecular weight is 215 g/mol. The van der Waals surface area contributed by atoms with Crippen LogP contribution in [0.1, 0.15) is 27.2 Å². The van der Waals surface area contributed by atoms with Crippen LogP contribution in [0.5, 0.6) is 0 Å². The molecule has 5 nitrogen and oxygen atoms in total. The molecule has 5 heteroatoms. The summed E-state index contributed by atoms with van der Waals surface area (Å²) < 4.78 is 4.80. The van der Waals surface area contributed by atoms with Crippen molar-refractivity contribution in [3.05, 3.63) is 12.2 Å². The number of carbonyl (C=O) groups excluding carboxylic acids is 2. The summed E-state index contributed by atoms with van der Waals surface area (Å²) >= 11 is 0. The highest BCUT2D eigenvalue weighted by atomic mass is 16.7. The predicted molar refractivity (Wildman–Crippen MR) is 54.9 cm³/mol. The van der Waals surface area contributed by atoms with E-state index < -0.39 is 12.1 Å². The summed E-state index contributed by atoms with van der Waals surface area (Å²) in [5.74, 6) is -0.634. The molecule has 15 heavy (non-hydrogen) atoms. The zero-order valence-electron chi connectivity index (χ0n) is 9.41. The minimum Gasteiger partial charge on any atom is -0.447 e. The predicted octanol–water partition coefficient (Wildman–Crippen LogP) is 1.89. The van der Waals surface area contributed by atoms with Gasteiger partial charge in [0.2, 0.25) is 0 Å². The van der Waals surface area contributed by atoms with Gasteiger partial charge in [0.25, 0.3) is 0 Å². The molecule has 0 saturated heterocycles. The van der Waals surface area contributed by atoms with Gasteiger partial charge in [0.05, 0.1) is 13.2 Å². The van der Waals surface area contributed by atoms with Crippen molar-refractivity contribution in [3.8, 4) is 0 Å². The van der Waals surface area contributed by atoms with Crippen molar-refractivity contribution in [2.75, 3.05) is 13.2 Å². The second-order valence-corrected chi connectivity index (χ2v) is 2.97. The molecule has 0 bridgehead atoms. The number of hydrogen-bond donors (Lipinski definition) is 0. The smallest absolute Gasteiger partial charge is 0.443 e. The zero-order chi connectivity index (χ0) is 11.8. The topological polar surface area (TPSA) is 55.8 Å². The fourth-order valence-electron chi connectivity index (χ4n) is 0.670. The van der Waals surface area contributed by atoms with Crippen LogP contribution in [0.3, 0.4) is 0 Å². The molecule has 0 N–H and O–H groups in total. The summed E-state index contributed by atoms with van der Waals surface area (Å²) in [6.45, 7) is 9.02. The third kappa shape index (κ3) is 5.05. The van der Waals surface area contributed by atoms with Gasteiger partial charge in [-0.1, -0.05) is 13.5 Å². The maximum absolute atomic E-state index is 11.3. The van der Waals surface area contributed by atoms with Crippen LogP contribution in [0.15, 0.2) is 12.2 Å². The Morgan fingerprint density at radius 1 is 1.33 bits per heavy atom. The van der Waals surface area contributed by atoms with Gasteiger partial charge in [0, 0.05) is 5.57 Å². The van der Waals surface area contributed by atoms with E-state index >= 15 is 0 Å². The summed E-state index contributed by atoms with van der Waals surface area (Å²) in [7, 11) is 0. The number of amides is 1. The van der Waals surface area contributed by atoms with Gasteiger partial charge in [-0.25, -0.2) is 9.59 Å². The van der Waals surface area contributed by atoms with Gasteiger partial charge in [-0.3, -0.25) is 0 Å². The molecular formula is C10H17NO4. The van der Waals surface area contributed by atoms with Crippen LogP contribution in [0.4, 0.5) is 4.79 Å². The largest absolute Gasteiger partial charge is 0.447 e. The van der Waals surface area contributed by atoms with Crippen LogP contribution in [0.25, 0.3) is 0 Å².